The molecule has 0 spiro atoms. The maximum Gasteiger partial charge on any atom is 0.144 e. The molecule has 21 heavy (non-hydrogen) atoms. The third-order valence-corrected chi connectivity index (χ3v) is 4.13. The zero-order valence-corrected chi connectivity index (χ0v) is 12.3. The van der Waals surface area contributed by atoms with Crippen molar-refractivity contribution in [2.24, 2.45) is 0 Å². The lowest BCUT2D eigenvalue weighted by Crippen LogP contribution is -2.11. The summed E-state index contributed by atoms with van der Waals surface area (Å²) in [5, 5.41) is 12.7. The number of pyridine rings is 1. The molecular formula is C18H19N3. The second-order valence-corrected chi connectivity index (χ2v) is 5.59. The number of hydrogen-bond donors (Lipinski definition) is 1. The average Bonchev–Trinajstić information content (AvgIpc) is 2.53. The number of anilines is 1. The third kappa shape index (κ3) is 2.90. The van der Waals surface area contributed by atoms with Gasteiger partial charge in [-0.25, -0.2) is 4.98 Å². The lowest BCUT2D eigenvalue weighted by atomic mass is 9.95. The van der Waals surface area contributed by atoms with Crippen LogP contribution in [0.4, 0.5) is 5.82 Å². The first-order chi connectivity index (χ1) is 10.3. The fourth-order valence-electron chi connectivity index (χ4n) is 2.84. The average molecular weight is 277 g/mol. The summed E-state index contributed by atoms with van der Waals surface area (Å²) in [6, 6.07) is 12.6. The molecule has 3 heteroatoms. The number of hydrogen-bond acceptors (Lipinski definition) is 3. The molecule has 0 radical (unpaired) electrons. The molecule has 1 aromatic carbocycles. The summed E-state index contributed by atoms with van der Waals surface area (Å²) in [4.78, 5) is 4.70. The van der Waals surface area contributed by atoms with Crippen molar-refractivity contribution in [3.8, 4) is 6.07 Å². The fraction of sp³-hybridized carbons (Fsp3) is 0.333. The van der Waals surface area contributed by atoms with Crippen LogP contribution in [0, 0.1) is 18.3 Å². The highest BCUT2D eigenvalue weighted by Gasteiger charge is 2.15. The van der Waals surface area contributed by atoms with Gasteiger partial charge in [0.2, 0.25) is 0 Å². The predicted octanol–water partition coefficient (Wildman–Crippen LogP) is 3.75. The maximum atomic E-state index is 9.34. The Labute approximate surface area is 125 Å². The fourth-order valence-corrected chi connectivity index (χ4v) is 2.84. The number of nitrogens with zero attached hydrogens (tertiary/aromatic N) is 2. The molecule has 0 saturated carbocycles. The minimum Gasteiger partial charge on any atom is -0.365 e. The molecule has 106 valence electrons. The van der Waals surface area contributed by atoms with Crippen molar-refractivity contribution in [2.75, 3.05) is 5.32 Å². The largest absolute Gasteiger partial charge is 0.365 e. The van der Waals surface area contributed by atoms with Gasteiger partial charge in [0.1, 0.15) is 11.9 Å². The van der Waals surface area contributed by atoms with E-state index in [0.717, 1.165) is 24.4 Å². The minimum absolute atomic E-state index is 0.657. The molecule has 3 nitrogen and oxygen atoms in total. The predicted molar refractivity (Wildman–Crippen MR) is 84.1 cm³/mol. The zero-order valence-electron chi connectivity index (χ0n) is 12.3. The molecular weight excluding hydrogens is 258 g/mol. The van der Waals surface area contributed by atoms with Crippen molar-refractivity contribution in [2.45, 2.75) is 39.2 Å². The maximum absolute atomic E-state index is 9.34. The van der Waals surface area contributed by atoms with E-state index in [1.807, 2.05) is 18.2 Å². The van der Waals surface area contributed by atoms with E-state index in [1.165, 1.54) is 29.5 Å². The number of aryl methyl sites for hydroxylation is 3. The highest BCUT2D eigenvalue weighted by atomic mass is 15.0. The van der Waals surface area contributed by atoms with E-state index in [2.05, 4.69) is 30.4 Å². The Morgan fingerprint density at radius 3 is 2.86 bits per heavy atom. The van der Waals surface area contributed by atoms with Gasteiger partial charge >= 0.3 is 0 Å². The smallest absolute Gasteiger partial charge is 0.144 e. The van der Waals surface area contributed by atoms with Crippen LogP contribution in [0.1, 0.15) is 40.8 Å². The Bertz CT molecular complexity index is 698. The van der Waals surface area contributed by atoms with Crippen LogP contribution in [-0.4, -0.2) is 4.98 Å². The van der Waals surface area contributed by atoms with E-state index in [0.29, 0.717) is 12.1 Å². The van der Waals surface area contributed by atoms with Gasteiger partial charge in [0, 0.05) is 12.2 Å². The molecule has 0 fully saturated rings. The topological polar surface area (TPSA) is 48.7 Å². The van der Waals surface area contributed by atoms with Gasteiger partial charge in [-0.05, 0) is 55.4 Å². The molecule has 3 rings (SSSR count). The minimum atomic E-state index is 0.657. The number of nitriles is 1. The zero-order chi connectivity index (χ0) is 14.7. The molecule has 1 N–H and O–H groups in total. The van der Waals surface area contributed by atoms with Crippen LogP contribution in [-0.2, 0) is 19.4 Å². The van der Waals surface area contributed by atoms with Crippen molar-refractivity contribution in [1.29, 1.82) is 5.26 Å². The lowest BCUT2D eigenvalue weighted by molar-refractivity contribution is 0.668. The van der Waals surface area contributed by atoms with Crippen molar-refractivity contribution >= 4 is 5.82 Å². The second kappa shape index (κ2) is 5.97. The molecule has 1 heterocycles. The van der Waals surface area contributed by atoms with E-state index < -0.39 is 0 Å². The van der Waals surface area contributed by atoms with Gasteiger partial charge in [-0.15, -0.1) is 0 Å². The molecule has 0 amide bonds. The van der Waals surface area contributed by atoms with Crippen molar-refractivity contribution < 1.29 is 0 Å². The number of benzene rings is 1. The van der Waals surface area contributed by atoms with Crippen molar-refractivity contribution in [3.63, 3.8) is 0 Å². The molecule has 0 unspecified atom stereocenters. The van der Waals surface area contributed by atoms with Crippen LogP contribution in [0.15, 0.2) is 30.3 Å². The Morgan fingerprint density at radius 2 is 2.05 bits per heavy atom. The highest BCUT2D eigenvalue weighted by molar-refractivity contribution is 5.55. The van der Waals surface area contributed by atoms with E-state index >= 15 is 0 Å². The van der Waals surface area contributed by atoms with E-state index in [9.17, 15) is 5.26 Å². The van der Waals surface area contributed by atoms with Crippen molar-refractivity contribution in [3.05, 3.63) is 58.3 Å². The Morgan fingerprint density at radius 1 is 1.24 bits per heavy atom. The monoisotopic (exact) mass is 277 g/mol. The molecule has 0 bridgehead atoms. The van der Waals surface area contributed by atoms with Gasteiger partial charge in [0.25, 0.3) is 0 Å². The first kappa shape index (κ1) is 13.6. The number of nitrogens with one attached hydrogen (secondary N) is 1. The molecule has 1 aliphatic carbocycles. The van der Waals surface area contributed by atoms with Crippen LogP contribution >= 0.6 is 0 Å². The number of fused-ring (bicyclic) bond motifs is 1. The van der Waals surface area contributed by atoms with Gasteiger partial charge in [-0.2, -0.15) is 5.26 Å². The van der Waals surface area contributed by atoms with Crippen LogP contribution in [0.2, 0.25) is 0 Å². The summed E-state index contributed by atoms with van der Waals surface area (Å²) in [6.45, 7) is 2.80. The first-order valence-electron chi connectivity index (χ1n) is 7.49. The summed E-state index contributed by atoms with van der Waals surface area (Å²) in [6.07, 6.45) is 4.48. The van der Waals surface area contributed by atoms with Gasteiger partial charge < -0.3 is 5.32 Å². The lowest BCUT2D eigenvalue weighted by Gasteiger charge is -2.17. The van der Waals surface area contributed by atoms with Crippen LogP contribution in [0.25, 0.3) is 0 Å². The molecule has 1 aromatic heterocycles. The Kier molecular flexibility index (Phi) is 3.87. The summed E-state index contributed by atoms with van der Waals surface area (Å²) in [5.41, 5.74) is 5.55. The Hall–Kier alpha value is -2.34. The van der Waals surface area contributed by atoms with Crippen LogP contribution in [0.3, 0.4) is 0 Å². The summed E-state index contributed by atoms with van der Waals surface area (Å²) in [7, 11) is 0. The number of rotatable bonds is 3. The van der Waals surface area contributed by atoms with E-state index in [4.69, 9.17) is 4.98 Å². The van der Waals surface area contributed by atoms with Crippen molar-refractivity contribution in [1.82, 2.24) is 4.98 Å². The van der Waals surface area contributed by atoms with Gasteiger partial charge in [0.15, 0.2) is 0 Å². The van der Waals surface area contributed by atoms with Crippen LogP contribution in [0.5, 0.6) is 0 Å². The molecule has 2 aromatic rings. The SMILES string of the molecule is Cc1ccccc1CNc1nc2c(cc1C#N)CCCC2. The molecule has 0 atom stereocenters. The Balaban J connectivity index is 1.85. The third-order valence-electron chi connectivity index (χ3n) is 4.13. The van der Waals surface area contributed by atoms with E-state index in [1.54, 1.807) is 0 Å². The molecule has 0 aliphatic heterocycles. The van der Waals surface area contributed by atoms with E-state index in [-0.39, 0.29) is 0 Å². The first-order valence-corrected chi connectivity index (χ1v) is 7.49. The summed E-state index contributed by atoms with van der Waals surface area (Å²) >= 11 is 0. The van der Waals surface area contributed by atoms with Crippen LogP contribution < -0.4 is 5.32 Å². The standard InChI is InChI=1S/C18H19N3/c1-13-6-2-3-8-15(13)12-20-18-16(11-19)10-14-7-4-5-9-17(14)21-18/h2-3,6,8,10H,4-5,7,9,12H2,1H3,(H,20,21). The molecule has 0 saturated heterocycles. The summed E-state index contributed by atoms with van der Waals surface area (Å²) in [5.74, 6) is 0.724. The number of aromatic nitrogens is 1. The summed E-state index contributed by atoms with van der Waals surface area (Å²) < 4.78 is 0. The van der Waals surface area contributed by atoms with Gasteiger partial charge in [-0.3, -0.25) is 0 Å². The van der Waals surface area contributed by atoms with Gasteiger partial charge in [0.05, 0.1) is 5.56 Å². The quantitative estimate of drug-likeness (QED) is 0.929. The molecule has 1 aliphatic rings. The van der Waals surface area contributed by atoms with Gasteiger partial charge in [-0.1, -0.05) is 24.3 Å². The normalized spacial score (nSPS) is 13.3. The highest BCUT2D eigenvalue weighted by Crippen LogP contribution is 2.24. The second-order valence-electron chi connectivity index (χ2n) is 5.59.